The number of hydrogen-bond donors (Lipinski definition) is 1. The van der Waals surface area contributed by atoms with E-state index < -0.39 is 0 Å². The van der Waals surface area contributed by atoms with Gasteiger partial charge < -0.3 is 5.32 Å². The van der Waals surface area contributed by atoms with Crippen molar-refractivity contribution in [3.63, 3.8) is 0 Å². The molecule has 0 aromatic carbocycles. The molecule has 0 radical (unpaired) electrons. The molecule has 1 atom stereocenters. The van der Waals surface area contributed by atoms with Crippen molar-refractivity contribution >= 4 is 0 Å². The topological polar surface area (TPSA) is 42.7 Å². The SMILES string of the molecule is CCNC(CCC(C)(C)C)Cc1ncnn1CC. The minimum atomic E-state index is 0.395. The highest BCUT2D eigenvalue weighted by molar-refractivity contribution is 4.90. The second kappa shape index (κ2) is 6.88. The maximum absolute atomic E-state index is 4.37. The van der Waals surface area contributed by atoms with Gasteiger partial charge in [0.05, 0.1) is 0 Å². The van der Waals surface area contributed by atoms with E-state index in [0.717, 1.165) is 25.3 Å². The molecule has 18 heavy (non-hydrogen) atoms. The monoisotopic (exact) mass is 252 g/mol. The first-order valence-corrected chi connectivity index (χ1v) is 7.06. The van der Waals surface area contributed by atoms with Gasteiger partial charge in [0.2, 0.25) is 0 Å². The smallest absolute Gasteiger partial charge is 0.138 e. The molecule has 0 saturated carbocycles. The van der Waals surface area contributed by atoms with E-state index in [9.17, 15) is 0 Å². The van der Waals surface area contributed by atoms with Crippen molar-refractivity contribution in [2.75, 3.05) is 6.54 Å². The standard InChI is InChI=1S/C14H28N4/c1-6-15-12(8-9-14(3,4)5)10-13-16-11-17-18(13)7-2/h11-12,15H,6-10H2,1-5H3. The molecular weight excluding hydrogens is 224 g/mol. The molecule has 0 aliphatic heterocycles. The third kappa shape index (κ3) is 5.17. The van der Waals surface area contributed by atoms with Gasteiger partial charge in [-0.1, -0.05) is 27.7 Å². The zero-order valence-electron chi connectivity index (χ0n) is 12.5. The van der Waals surface area contributed by atoms with E-state index in [-0.39, 0.29) is 0 Å². The van der Waals surface area contributed by atoms with Crippen molar-refractivity contribution in [1.29, 1.82) is 0 Å². The molecule has 0 spiro atoms. The molecule has 0 amide bonds. The first-order chi connectivity index (χ1) is 8.46. The minimum Gasteiger partial charge on any atom is -0.314 e. The number of aromatic nitrogens is 3. The van der Waals surface area contributed by atoms with Crippen LogP contribution in [0.15, 0.2) is 6.33 Å². The third-order valence-electron chi connectivity index (χ3n) is 3.16. The van der Waals surface area contributed by atoms with Crippen LogP contribution >= 0.6 is 0 Å². The van der Waals surface area contributed by atoms with Crippen molar-refractivity contribution < 1.29 is 0 Å². The zero-order chi connectivity index (χ0) is 13.6. The quantitative estimate of drug-likeness (QED) is 0.811. The number of aryl methyl sites for hydroxylation is 1. The van der Waals surface area contributed by atoms with Gasteiger partial charge >= 0.3 is 0 Å². The van der Waals surface area contributed by atoms with Crippen molar-refractivity contribution in [2.45, 2.75) is 66.5 Å². The summed E-state index contributed by atoms with van der Waals surface area (Å²) in [6.07, 6.45) is 5.04. The van der Waals surface area contributed by atoms with Crippen molar-refractivity contribution in [1.82, 2.24) is 20.1 Å². The molecule has 4 heteroatoms. The van der Waals surface area contributed by atoms with Crippen LogP contribution in [0, 0.1) is 5.41 Å². The van der Waals surface area contributed by atoms with E-state index in [0.29, 0.717) is 11.5 Å². The number of rotatable bonds is 7. The van der Waals surface area contributed by atoms with Crippen LogP contribution in [0.1, 0.15) is 53.3 Å². The van der Waals surface area contributed by atoms with Gasteiger partial charge in [-0.25, -0.2) is 4.98 Å². The highest BCUT2D eigenvalue weighted by Gasteiger charge is 2.17. The molecule has 0 aliphatic carbocycles. The average Bonchev–Trinajstić information content (AvgIpc) is 2.72. The Morgan fingerprint density at radius 1 is 1.33 bits per heavy atom. The fourth-order valence-electron chi connectivity index (χ4n) is 2.10. The second-order valence-electron chi connectivity index (χ2n) is 6.05. The van der Waals surface area contributed by atoms with E-state index in [1.807, 2.05) is 4.68 Å². The van der Waals surface area contributed by atoms with Crippen LogP contribution in [-0.2, 0) is 13.0 Å². The summed E-state index contributed by atoms with van der Waals surface area (Å²) in [7, 11) is 0. The fourth-order valence-corrected chi connectivity index (χ4v) is 2.10. The van der Waals surface area contributed by atoms with Gasteiger partial charge in [0.25, 0.3) is 0 Å². The summed E-state index contributed by atoms with van der Waals surface area (Å²) in [4.78, 5) is 4.37. The lowest BCUT2D eigenvalue weighted by Gasteiger charge is -2.23. The third-order valence-corrected chi connectivity index (χ3v) is 3.16. The summed E-state index contributed by atoms with van der Waals surface area (Å²) in [5.74, 6) is 1.09. The number of nitrogens with one attached hydrogen (secondary N) is 1. The largest absolute Gasteiger partial charge is 0.314 e. The van der Waals surface area contributed by atoms with Crippen LogP contribution in [0.3, 0.4) is 0 Å². The van der Waals surface area contributed by atoms with Crippen LogP contribution in [0.25, 0.3) is 0 Å². The minimum absolute atomic E-state index is 0.395. The van der Waals surface area contributed by atoms with Gasteiger partial charge in [0.15, 0.2) is 0 Å². The summed E-state index contributed by atoms with van der Waals surface area (Å²) in [5, 5.41) is 7.80. The second-order valence-corrected chi connectivity index (χ2v) is 6.05. The first-order valence-electron chi connectivity index (χ1n) is 7.06. The summed E-state index contributed by atoms with van der Waals surface area (Å²) in [5.41, 5.74) is 0.395. The van der Waals surface area contributed by atoms with Crippen LogP contribution < -0.4 is 5.32 Å². The molecular formula is C14H28N4. The van der Waals surface area contributed by atoms with E-state index in [4.69, 9.17) is 0 Å². The molecule has 4 nitrogen and oxygen atoms in total. The molecule has 1 heterocycles. The zero-order valence-corrected chi connectivity index (χ0v) is 12.5. The molecule has 0 aliphatic rings. The molecule has 0 bridgehead atoms. The lowest BCUT2D eigenvalue weighted by atomic mass is 9.88. The molecule has 1 rings (SSSR count). The van der Waals surface area contributed by atoms with Crippen LogP contribution in [-0.4, -0.2) is 27.4 Å². The first kappa shape index (κ1) is 15.2. The van der Waals surface area contributed by atoms with Gasteiger partial charge in [0, 0.05) is 19.0 Å². The predicted octanol–water partition coefficient (Wildman–Crippen LogP) is 2.64. The van der Waals surface area contributed by atoms with Crippen LogP contribution in [0.5, 0.6) is 0 Å². The molecule has 1 N–H and O–H groups in total. The summed E-state index contributed by atoms with van der Waals surface area (Å²) < 4.78 is 1.99. The molecule has 0 fully saturated rings. The van der Waals surface area contributed by atoms with Gasteiger partial charge in [-0.05, 0) is 31.7 Å². The maximum Gasteiger partial charge on any atom is 0.138 e. The molecule has 1 aromatic rings. The summed E-state index contributed by atoms with van der Waals surface area (Å²) in [6.45, 7) is 13.1. The number of likely N-dealkylation sites (N-methyl/N-ethyl adjacent to an activating group) is 1. The lowest BCUT2D eigenvalue weighted by molar-refractivity contribution is 0.327. The Morgan fingerprint density at radius 2 is 2.06 bits per heavy atom. The Balaban J connectivity index is 2.57. The maximum atomic E-state index is 4.37. The van der Waals surface area contributed by atoms with E-state index >= 15 is 0 Å². The van der Waals surface area contributed by atoms with Crippen molar-refractivity contribution in [2.24, 2.45) is 5.41 Å². The predicted molar refractivity (Wildman–Crippen MR) is 75.6 cm³/mol. The Bertz CT molecular complexity index is 338. The molecule has 1 aromatic heterocycles. The van der Waals surface area contributed by atoms with E-state index in [2.05, 4.69) is 50.0 Å². The lowest BCUT2D eigenvalue weighted by Crippen LogP contribution is -2.33. The highest BCUT2D eigenvalue weighted by atomic mass is 15.3. The normalized spacial score (nSPS) is 13.8. The number of hydrogen-bond acceptors (Lipinski definition) is 3. The summed E-state index contributed by atoms with van der Waals surface area (Å²) >= 11 is 0. The van der Waals surface area contributed by atoms with Gasteiger partial charge in [-0.15, -0.1) is 0 Å². The fraction of sp³-hybridized carbons (Fsp3) is 0.857. The van der Waals surface area contributed by atoms with Gasteiger partial charge in [0.1, 0.15) is 12.2 Å². The number of nitrogens with zero attached hydrogens (tertiary/aromatic N) is 3. The highest BCUT2D eigenvalue weighted by Crippen LogP contribution is 2.22. The van der Waals surface area contributed by atoms with Crippen molar-refractivity contribution in [3.05, 3.63) is 12.2 Å². The molecule has 0 saturated heterocycles. The van der Waals surface area contributed by atoms with Crippen LogP contribution in [0.4, 0.5) is 0 Å². The molecule has 104 valence electrons. The Kier molecular flexibility index (Phi) is 5.79. The Hall–Kier alpha value is -0.900. The summed E-state index contributed by atoms with van der Waals surface area (Å²) in [6, 6.07) is 0.503. The van der Waals surface area contributed by atoms with Crippen LogP contribution in [0.2, 0.25) is 0 Å². The average molecular weight is 252 g/mol. The van der Waals surface area contributed by atoms with E-state index in [1.165, 1.54) is 12.8 Å². The van der Waals surface area contributed by atoms with Gasteiger partial charge in [-0.2, -0.15) is 5.10 Å². The Morgan fingerprint density at radius 3 is 2.61 bits per heavy atom. The molecule has 1 unspecified atom stereocenters. The van der Waals surface area contributed by atoms with E-state index in [1.54, 1.807) is 6.33 Å². The van der Waals surface area contributed by atoms with Gasteiger partial charge in [-0.3, -0.25) is 4.68 Å². The Labute approximate surface area is 111 Å². The van der Waals surface area contributed by atoms with Crippen molar-refractivity contribution in [3.8, 4) is 0 Å².